The summed E-state index contributed by atoms with van der Waals surface area (Å²) >= 11 is 1.31. The van der Waals surface area contributed by atoms with E-state index in [0.29, 0.717) is 36.5 Å². The predicted octanol–water partition coefficient (Wildman–Crippen LogP) is 3.05. The number of nitrogens with one attached hydrogen (secondary N) is 1. The number of nitrogens with zero attached hydrogens (tertiary/aromatic N) is 2. The number of carbonyl (C=O) groups excluding carboxylic acids is 1. The van der Waals surface area contributed by atoms with Gasteiger partial charge in [0.15, 0.2) is 0 Å². The molecule has 25 heavy (non-hydrogen) atoms. The zero-order valence-electron chi connectivity index (χ0n) is 14.0. The molecule has 1 aromatic heterocycles. The highest BCUT2D eigenvalue weighted by Gasteiger charge is 2.48. The Bertz CT molecular complexity index is 821. The van der Waals surface area contributed by atoms with Crippen molar-refractivity contribution in [2.45, 2.75) is 25.8 Å². The van der Waals surface area contributed by atoms with E-state index in [2.05, 4.69) is 16.6 Å². The van der Waals surface area contributed by atoms with E-state index >= 15 is 0 Å². The van der Waals surface area contributed by atoms with Gasteiger partial charge in [0.2, 0.25) is 0 Å². The van der Waals surface area contributed by atoms with E-state index < -0.39 is 6.09 Å². The van der Waals surface area contributed by atoms with Crippen LogP contribution in [0, 0.1) is 17.8 Å². The molecule has 2 heterocycles. The van der Waals surface area contributed by atoms with E-state index in [9.17, 15) is 14.7 Å². The highest BCUT2D eigenvalue weighted by Crippen LogP contribution is 2.44. The fourth-order valence-electron chi connectivity index (χ4n) is 4.56. The van der Waals surface area contributed by atoms with E-state index in [1.165, 1.54) is 16.4 Å². The van der Waals surface area contributed by atoms with Gasteiger partial charge in [0.05, 0.1) is 10.7 Å². The summed E-state index contributed by atoms with van der Waals surface area (Å²) in [5.41, 5.74) is 0.428. The molecule has 0 spiro atoms. The van der Waals surface area contributed by atoms with E-state index in [-0.39, 0.29) is 11.9 Å². The second-order valence-electron chi connectivity index (χ2n) is 7.24. The number of hydrogen-bond donors (Lipinski definition) is 2. The predicted molar refractivity (Wildman–Crippen MR) is 95.9 cm³/mol. The fourth-order valence-corrected chi connectivity index (χ4v) is 5.33. The van der Waals surface area contributed by atoms with Crippen molar-refractivity contribution in [2.75, 3.05) is 13.1 Å². The van der Waals surface area contributed by atoms with Crippen LogP contribution in [0.2, 0.25) is 0 Å². The van der Waals surface area contributed by atoms with E-state index in [1.54, 1.807) is 0 Å². The number of hydrogen-bond acceptors (Lipinski definition) is 4. The van der Waals surface area contributed by atoms with Crippen molar-refractivity contribution in [1.29, 1.82) is 0 Å². The molecule has 1 aliphatic heterocycles. The number of carboxylic acid groups (broad SMARTS) is 1. The van der Waals surface area contributed by atoms with Crippen molar-refractivity contribution in [1.82, 2.24) is 14.6 Å². The van der Waals surface area contributed by atoms with Gasteiger partial charge in [-0.2, -0.15) is 4.37 Å². The van der Waals surface area contributed by atoms with Gasteiger partial charge in [-0.05, 0) is 48.2 Å². The molecule has 4 rings (SSSR count). The topological polar surface area (TPSA) is 82.5 Å². The summed E-state index contributed by atoms with van der Waals surface area (Å²) in [5, 5.41) is 13.3. The van der Waals surface area contributed by atoms with Crippen LogP contribution in [0.3, 0.4) is 0 Å². The maximum atomic E-state index is 12.6. The molecule has 132 valence electrons. The Hall–Kier alpha value is -2.15. The van der Waals surface area contributed by atoms with Gasteiger partial charge in [0, 0.05) is 18.5 Å². The third-order valence-corrected chi connectivity index (χ3v) is 6.45. The van der Waals surface area contributed by atoms with Crippen LogP contribution < -0.4 is 5.32 Å². The first-order valence-electron chi connectivity index (χ1n) is 8.66. The standard InChI is InChI=1S/C18H21N3O3S/c1-10-6-11-9-21(18(23)24)14(13(11)7-10)8-19-17(22)16-12-4-2-3-5-15(12)25-20-16/h2-5,10-11,13-14H,6-9H2,1H3,(H,19,22)(H,23,24)/t10?,11-,13-,14+/m0/s1. The quantitative estimate of drug-likeness (QED) is 0.882. The molecule has 1 saturated carbocycles. The Morgan fingerprint density at radius 2 is 2.16 bits per heavy atom. The third-order valence-electron chi connectivity index (χ3n) is 5.62. The number of rotatable bonds is 3. The van der Waals surface area contributed by atoms with Crippen LogP contribution in [0.1, 0.15) is 30.3 Å². The second kappa shape index (κ2) is 6.29. The molecule has 0 radical (unpaired) electrons. The Balaban J connectivity index is 1.49. The van der Waals surface area contributed by atoms with Gasteiger partial charge in [-0.1, -0.05) is 25.1 Å². The molecule has 0 bridgehead atoms. The van der Waals surface area contributed by atoms with Crippen LogP contribution in [-0.4, -0.2) is 45.5 Å². The normalized spacial score (nSPS) is 28.3. The Kier molecular flexibility index (Phi) is 4.11. The van der Waals surface area contributed by atoms with Gasteiger partial charge in [0.1, 0.15) is 5.69 Å². The maximum Gasteiger partial charge on any atom is 0.407 e. The van der Waals surface area contributed by atoms with E-state index in [4.69, 9.17) is 0 Å². The lowest BCUT2D eigenvalue weighted by Gasteiger charge is -2.26. The third kappa shape index (κ3) is 2.86. The molecule has 6 nitrogen and oxygen atoms in total. The van der Waals surface area contributed by atoms with Gasteiger partial charge < -0.3 is 15.3 Å². The van der Waals surface area contributed by atoms with E-state index in [1.807, 2.05) is 24.3 Å². The molecule has 2 fully saturated rings. The minimum absolute atomic E-state index is 0.138. The van der Waals surface area contributed by atoms with Crippen molar-refractivity contribution in [2.24, 2.45) is 17.8 Å². The smallest absolute Gasteiger partial charge is 0.407 e. The second-order valence-corrected chi connectivity index (χ2v) is 8.05. The molecule has 1 aliphatic carbocycles. The molecule has 1 aromatic carbocycles. The molecule has 2 aromatic rings. The van der Waals surface area contributed by atoms with Crippen molar-refractivity contribution in [3.8, 4) is 0 Å². The van der Waals surface area contributed by atoms with Crippen molar-refractivity contribution in [3.63, 3.8) is 0 Å². The summed E-state index contributed by atoms with van der Waals surface area (Å²) < 4.78 is 5.25. The minimum Gasteiger partial charge on any atom is -0.465 e. The number of amides is 2. The summed E-state index contributed by atoms with van der Waals surface area (Å²) in [6.07, 6.45) is 1.23. The van der Waals surface area contributed by atoms with Gasteiger partial charge in [-0.3, -0.25) is 4.79 Å². The van der Waals surface area contributed by atoms with Crippen LogP contribution in [0.5, 0.6) is 0 Å². The van der Waals surface area contributed by atoms with Crippen molar-refractivity contribution in [3.05, 3.63) is 30.0 Å². The molecule has 1 unspecified atom stereocenters. The molecular weight excluding hydrogens is 338 g/mol. The molecular formula is C18H21N3O3S. The lowest BCUT2D eigenvalue weighted by Crippen LogP contribution is -2.45. The van der Waals surface area contributed by atoms with Gasteiger partial charge >= 0.3 is 6.09 Å². The number of aromatic nitrogens is 1. The zero-order valence-corrected chi connectivity index (χ0v) is 14.8. The monoisotopic (exact) mass is 359 g/mol. The first-order chi connectivity index (χ1) is 12.0. The van der Waals surface area contributed by atoms with Crippen LogP contribution in [0.25, 0.3) is 10.1 Å². The summed E-state index contributed by atoms with van der Waals surface area (Å²) in [6, 6.07) is 7.51. The summed E-state index contributed by atoms with van der Waals surface area (Å²) in [4.78, 5) is 25.7. The number of likely N-dealkylation sites (tertiary alicyclic amines) is 1. The molecule has 7 heteroatoms. The maximum absolute atomic E-state index is 12.6. The Morgan fingerprint density at radius 1 is 1.36 bits per heavy atom. The first kappa shape index (κ1) is 16.3. The molecule has 4 atom stereocenters. The van der Waals surface area contributed by atoms with Gasteiger partial charge in [-0.25, -0.2) is 4.79 Å². The van der Waals surface area contributed by atoms with Gasteiger partial charge in [0.25, 0.3) is 5.91 Å². The van der Waals surface area contributed by atoms with Crippen LogP contribution in [0.15, 0.2) is 24.3 Å². The fraction of sp³-hybridized carbons (Fsp3) is 0.500. The largest absolute Gasteiger partial charge is 0.465 e. The lowest BCUT2D eigenvalue weighted by molar-refractivity contribution is 0.0922. The van der Waals surface area contributed by atoms with Crippen molar-refractivity contribution >= 4 is 33.6 Å². The van der Waals surface area contributed by atoms with Crippen LogP contribution in [0.4, 0.5) is 4.79 Å². The molecule has 2 aliphatic rings. The lowest BCUT2D eigenvalue weighted by atomic mass is 9.94. The van der Waals surface area contributed by atoms with Crippen LogP contribution in [-0.2, 0) is 0 Å². The molecule has 2 amide bonds. The first-order valence-corrected chi connectivity index (χ1v) is 9.44. The SMILES string of the molecule is CC1C[C@H]2CN(C(=O)O)[C@H](CNC(=O)c3nsc4ccccc34)[C@H]2C1. The minimum atomic E-state index is -0.889. The number of carbonyl (C=O) groups is 2. The summed E-state index contributed by atoms with van der Waals surface area (Å²) in [6.45, 7) is 3.16. The number of benzene rings is 1. The zero-order chi connectivity index (χ0) is 17.6. The molecule has 2 N–H and O–H groups in total. The highest BCUT2D eigenvalue weighted by molar-refractivity contribution is 7.13. The highest BCUT2D eigenvalue weighted by atomic mass is 32.1. The van der Waals surface area contributed by atoms with Crippen LogP contribution >= 0.6 is 11.5 Å². The van der Waals surface area contributed by atoms with Gasteiger partial charge in [-0.15, -0.1) is 0 Å². The Morgan fingerprint density at radius 3 is 2.96 bits per heavy atom. The van der Waals surface area contributed by atoms with E-state index in [0.717, 1.165) is 22.9 Å². The summed E-state index contributed by atoms with van der Waals surface area (Å²) in [5.74, 6) is 1.18. The average Bonchev–Trinajstić information content (AvgIpc) is 3.24. The molecule has 1 saturated heterocycles. The summed E-state index contributed by atoms with van der Waals surface area (Å²) in [7, 11) is 0. The van der Waals surface area contributed by atoms with Crippen molar-refractivity contribution < 1.29 is 14.7 Å². The Labute approximate surface area is 150 Å². The number of fused-ring (bicyclic) bond motifs is 2. The average molecular weight is 359 g/mol.